The fourth-order valence-electron chi connectivity index (χ4n) is 5.39. The maximum Gasteiger partial charge on any atom is 0.312 e. The van der Waals surface area contributed by atoms with Crippen LogP contribution < -0.4 is 0 Å². The molecule has 0 aliphatic heterocycles. The maximum atomic E-state index is 12.6. The van der Waals surface area contributed by atoms with Gasteiger partial charge in [0, 0.05) is 12.3 Å². The SMILES string of the molecule is CC12CCC3CCCCC3C1C(=O)CC(=NO)C2C(=O)O. The van der Waals surface area contributed by atoms with Crippen LogP contribution in [0.5, 0.6) is 0 Å². The number of fused-ring (bicyclic) bond motifs is 3. The summed E-state index contributed by atoms with van der Waals surface area (Å²) in [4.78, 5) is 24.4. The van der Waals surface area contributed by atoms with Crippen LogP contribution in [-0.2, 0) is 9.59 Å². The van der Waals surface area contributed by atoms with E-state index >= 15 is 0 Å². The van der Waals surface area contributed by atoms with Crippen LogP contribution in [0.2, 0.25) is 0 Å². The number of carboxylic acids is 1. The molecule has 0 saturated heterocycles. The Morgan fingerprint density at radius 2 is 2.00 bits per heavy atom. The van der Waals surface area contributed by atoms with Gasteiger partial charge in [0.25, 0.3) is 0 Å². The average Bonchev–Trinajstić information content (AvgIpc) is 2.45. The number of carboxylic acid groups (broad SMARTS) is 1. The Kier molecular flexibility index (Phi) is 3.54. The predicted molar refractivity (Wildman–Crippen MR) is 76.3 cm³/mol. The van der Waals surface area contributed by atoms with Crippen LogP contribution in [-0.4, -0.2) is 27.8 Å². The average molecular weight is 293 g/mol. The van der Waals surface area contributed by atoms with E-state index in [1.54, 1.807) is 0 Å². The molecule has 0 aromatic heterocycles. The molecule has 0 spiro atoms. The Morgan fingerprint density at radius 3 is 2.67 bits per heavy atom. The number of rotatable bonds is 1. The molecule has 3 saturated carbocycles. The largest absolute Gasteiger partial charge is 0.481 e. The molecule has 0 amide bonds. The van der Waals surface area contributed by atoms with Crippen LogP contribution in [0.25, 0.3) is 0 Å². The summed E-state index contributed by atoms with van der Waals surface area (Å²) in [5.41, 5.74) is -0.457. The number of hydrogen-bond acceptors (Lipinski definition) is 4. The first kappa shape index (κ1) is 14.5. The Morgan fingerprint density at radius 1 is 1.29 bits per heavy atom. The van der Waals surface area contributed by atoms with Gasteiger partial charge < -0.3 is 10.3 Å². The zero-order chi connectivity index (χ0) is 15.2. The minimum atomic E-state index is -0.961. The number of ketones is 1. The molecule has 0 aromatic carbocycles. The third-order valence-corrected chi connectivity index (χ3v) is 6.23. The third-order valence-electron chi connectivity index (χ3n) is 6.23. The molecule has 5 heteroatoms. The van der Waals surface area contributed by atoms with Gasteiger partial charge in [0.1, 0.15) is 11.7 Å². The number of oxime groups is 1. The molecule has 5 atom stereocenters. The van der Waals surface area contributed by atoms with Crippen LogP contribution in [0.3, 0.4) is 0 Å². The lowest BCUT2D eigenvalue weighted by atomic mass is 9.47. The molecular weight excluding hydrogens is 270 g/mol. The highest BCUT2D eigenvalue weighted by Gasteiger charge is 2.59. The first-order valence-corrected chi connectivity index (χ1v) is 7.95. The van der Waals surface area contributed by atoms with Gasteiger partial charge in [0.2, 0.25) is 0 Å². The lowest BCUT2D eigenvalue weighted by Gasteiger charge is -2.55. The minimum Gasteiger partial charge on any atom is -0.481 e. The van der Waals surface area contributed by atoms with Gasteiger partial charge in [-0.25, -0.2) is 0 Å². The van der Waals surface area contributed by atoms with Crippen molar-refractivity contribution < 1.29 is 19.9 Å². The zero-order valence-electron chi connectivity index (χ0n) is 12.4. The van der Waals surface area contributed by atoms with Crippen molar-refractivity contribution in [1.82, 2.24) is 0 Å². The van der Waals surface area contributed by atoms with E-state index < -0.39 is 17.3 Å². The molecule has 116 valence electrons. The molecule has 0 heterocycles. The predicted octanol–water partition coefficient (Wildman–Crippen LogP) is 2.71. The van der Waals surface area contributed by atoms with Gasteiger partial charge in [-0.2, -0.15) is 0 Å². The molecule has 2 N–H and O–H groups in total. The molecule has 5 nitrogen and oxygen atoms in total. The van der Waals surface area contributed by atoms with E-state index in [4.69, 9.17) is 5.21 Å². The molecule has 3 aliphatic carbocycles. The summed E-state index contributed by atoms with van der Waals surface area (Å²) in [7, 11) is 0. The summed E-state index contributed by atoms with van der Waals surface area (Å²) in [5, 5.41) is 21.9. The maximum absolute atomic E-state index is 12.6. The summed E-state index contributed by atoms with van der Waals surface area (Å²) >= 11 is 0. The van der Waals surface area contributed by atoms with Crippen molar-refractivity contribution >= 4 is 17.5 Å². The number of carbonyl (C=O) groups is 2. The topological polar surface area (TPSA) is 87.0 Å². The van der Waals surface area contributed by atoms with Crippen LogP contribution in [0.1, 0.15) is 51.9 Å². The second kappa shape index (κ2) is 5.11. The molecule has 0 aromatic rings. The Labute approximate surface area is 124 Å². The van der Waals surface area contributed by atoms with Crippen LogP contribution in [0, 0.1) is 29.1 Å². The zero-order valence-corrected chi connectivity index (χ0v) is 12.4. The van der Waals surface area contributed by atoms with Crippen molar-refractivity contribution in [3.8, 4) is 0 Å². The Bertz CT molecular complexity index is 501. The molecule has 21 heavy (non-hydrogen) atoms. The highest BCUT2D eigenvalue weighted by Crippen LogP contribution is 2.58. The minimum absolute atomic E-state index is 0.00303. The second-order valence-electron chi connectivity index (χ2n) is 7.24. The van der Waals surface area contributed by atoms with E-state index in [1.165, 1.54) is 12.8 Å². The van der Waals surface area contributed by atoms with Gasteiger partial charge in [-0.15, -0.1) is 0 Å². The van der Waals surface area contributed by atoms with Gasteiger partial charge in [-0.1, -0.05) is 31.3 Å². The van der Waals surface area contributed by atoms with Gasteiger partial charge in [0.15, 0.2) is 0 Å². The summed E-state index contributed by atoms with van der Waals surface area (Å²) in [6.45, 7) is 1.92. The lowest BCUT2D eigenvalue weighted by Crippen LogP contribution is -2.58. The monoisotopic (exact) mass is 293 g/mol. The molecular formula is C16H23NO4. The van der Waals surface area contributed by atoms with Crippen LogP contribution in [0.4, 0.5) is 0 Å². The van der Waals surface area contributed by atoms with Gasteiger partial charge in [-0.3, -0.25) is 9.59 Å². The highest BCUT2D eigenvalue weighted by molar-refractivity contribution is 6.14. The van der Waals surface area contributed by atoms with E-state index in [0.717, 1.165) is 25.7 Å². The summed E-state index contributed by atoms with van der Waals surface area (Å²) in [5.74, 6) is -0.984. The lowest BCUT2D eigenvalue weighted by molar-refractivity contribution is -0.154. The molecule has 5 unspecified atom stereocenters. The molecule has 3 fully saturated rings. The fourth-order valence-corrected chi connectivity index (χ4v) is 5.39. The third kappa shape index (κ3) is 2.09. The van der Waals surface area contributed by atoms with Crippen molar-refractivity contribution in [3.05, 3.63) is 0 Å². The molecule has 0 radical (unpaired) electrons. The van der Waals surface area contributed by atoms with Crippen LogP contribution in [0.15, 0.2) is 5.16 Å². The Hall–Kier alpha value is -1.39. The van der Waals surface area contributed by atoms with Crippen molar-refractivity contribution in [3.63, 3.8) is 0 Å². The second-order valence-corrected chi connectivity index (χ2v) is 7.24. The summed E-state index contributed by atoms with van der Waals surface area (Å²) in [6, 6.07) is 0. The van der Waals surface area contributed by atoms with Crippen molar-refractivity contribution in [2.75, 3.05) is 0 Å². The summed E-state index contributed by atoms with van der Waals surface area (Å²) in [6.07, 6.45) is 6.30. The summed E-state index contributed by atoms with van der Waals surface area (Å²) < 4.78 is 0. The first-order valence-electron chi connectivity index (χ1n) is 7.95. The van der Waals surface area contributed by atoms with E-state index in [2.05, 4.69) is 5.16 Å². The van der Waals surface area contributed by atoms with E-state index in [0.29, 0.717) is 11.8 Å². The van der Waals surface area contributed by atoms with E-state index in [-0.39, 0.29) is 23.8 Å². The highest BCUT2D eigenvalue weighted by atomic mass is 16.4. The normalized spacial score (nSPS) is 45.0. The number of carbonyl (C=O) groups excluding carboxylic acids is 1. The Balaban J connectivity index is 2.02. The fraction of sp³-hybridized carbons (Fsp3) is 0.812. The van der Waals surface area contributed by atoms with E-state index in [9.17, 15) is 14.7 Å². The van der Waals surface area contributed by atoms with Crippen molar-refractivity contribution in [2.45, 2.75) is 51.9 Å². The number of hydrogen-bond donors (Lipinski definition) is 2. The van der Waals surface area contributed by atoms with Gasteiger partial charge >= 0.3 is 5.97 Å². The number of aliphatic carboxylic acids is 1. The van der Waals surface area contributed by atoms with Gasteiger partial charge in [0.05, 0.1) is 5.71 Å². The molecule has 3 rings (SSSR count). The quantitative estimate of drug-likeness (QED) is 0.575. The molecule has 0 bridgehead atoms. The smallest absolute Gasteiger partial charge is 0.312 e. The van der Waals surface area contributed by atoms with E-state index in [1.807, 2.05) is 6.92 Å². The number of nitrogens with zero attached hydrogens (tertiary/aromatic N) is 1. The van der Waals surface area contributed by atoms with Gasteiger partial charge in [-0.05, 0) is 36.5 Å². The van der Waals surface area contributed by atoms with Crippen LogP contribution >= 0.6 is 0 Å². The molecule has 3 aliphatic rings. The standard InChI is InChI=1S/C16H23NO4/c1-16-7-6-9-4-2-3-5-10(9)13(16)12(18)8-11(17-21)14(16)15(19)20/h9-10,13-14,21H,2-8H2,1H3,(H,19,20). The first-order chi connectivity index (χ1) is 9.99. The number of Topliss-reactive ketones (excluding diaryl/α,β-unsaturated/α-hetero) is 1. The van der Waals surface area contributed by atoms with Crippen molar-refractivity contribution in [1.29, 1.82) is 0 Å². The van der Waals surface area contributed by atoms with Crippen molar-refractivity contribution in [2.24, 2.45) is 34.2 Å².